The second kappa shape index (κ2) is 5.32. The first-order valence-electron chi connectivity index (χ1n) is 5.24. The number of aryl methyl sites for hydroxylation is 1. The van der Waals surface area contributed by atoms with E-state index in [9.17, 15) is 4.79 Å². The van der Waals surface area contributed by atoms with Crippen LogP contribution in [0.25, 0.3) is 0 Å². The SMILES string of the molecule is Cl.Cn1nc(C(=O)NCCN)cc1C1CC1. The highest BCUT2D eigenvalue weighted by molar-refractivity contribution is 5.92. The van der Waals surface area contributed by atoms with Crippen LogP contribution in [0.4, 0.5) is 0 Å². The fourth-order valence-electron chi connectivity index (χ4n) is 1.63. The number of aromatic nitrogens is 2. The molecule has 0 bridgehead atoms. The standard InChI is InChI=1S/C10H16N4O.ClH/c1-14-9(7-2-3-7)6-8(13-14)10(15)12-5-4-11;/h6-7H,2-5,11H2,1H3,(H,12,15);1H. The van der Waals surface area contributed by atoms with Gasteiger partial charge in [-0.15, -0.1) is 12.4 Å². The van der Waals surface area contributed by atoms with Gasteiger partial charge in [0, 0.05) is 31.7 Å². The topological polar surface area (TPSA) is 72.9 Å². The third kappa shape index (κ3) is 2.74. The summed E-state index contributed by atoms with van der Waals surface area (Å²) in [5.41, 5.74) is 6.96. The molecule has 0 aromatic carbocycles. The van der Waals surface area contributed by atoms with E-state index < -0.39 is 0 Å². The molecular weight excluding hydrogens is 228 g/mol. The van der Waals surface area contributed by atoms with Gasteiger partial charge < -0.3 is 11.1 Å². The summed E-state index contributed by atoms with van der Waals surface area (Å²) in [6.45, 7) is 0.947. The van der Waals surface area contributed by atoms with E-state index in [4.69, 9.17) is 5.73 Å². The zero-order valence-electron chi connectivity index (χ0n) is 9.27. The van der Waals surface area contributed by atoms with E-state index in [0.717, 1.165) is 5.69 Å². The predicted molar refractivity (Wildman–Crippen MR) is 63.8 cm³/mol. The number of amides is 1. The normalized spacial score (nSPS) is 14.4. The van der Waals surface area contributed by atoms with Crippen LogP contribution in [-0.2, 0) is 7.05 Å². The molecule has 1 fully saturated rings. The lowest BCUT2D eigenvalue weighted by Crippen LogP contribution is -2.29. The van der Waals surface area contributed by atoms with Crippen LogP contribution >= 0.6 is 12.4 Å². The van der Waals surface area contributed by atoms with Crippen molar-refractivity contribution in [2.45, 2.75) is 18.8 Å². The van der Waals surface area contributed by atoms with Gasteiger partial charge in [0.05, 0.1) is 0 Å². The average molecular weight is 245 g/mol. The number of nitrogens with two attached hydrogens (primary N) is 1. The number of carbonyl (C=O) groups is 1. The molecule has 1 heterocycles. The molecule has 5 nitrogen and oxygen atoms in total. The summed E-state index contributed by atoms with van der Waals surface area (Å²) >= 11 is 0. The minimum atomic E-state index is -0.136. The molecule has 1 saturated carbocycles. The van der Waals surface area contributed by atoms with Crippen molar-refractivity contribution in [2.24, 2.45) is 12.8 Å². The highest BCUT2D eigenvalue weighted by atomic mass is 35.5. The Morgan fingerprint density at radius 1 is 1.69 bits per heavy atom. The Bertz CT molecular complexity index is 373. The summed E-state index contributed by atoms with van der Waals surface area (Å²) in [5, 5.41) is 6.90. The van der Waals surface area contributed by atoms with Crippen molar-refractivity contribution in [1.82, 2.24) is 15.1 Å². The van der Waals surface area contributed by atoms with Gasteiger partial charge in [0.15, 0.2) is 0 Å². The Balaban J connectivity index is 0.00000128. The van der Waals surface area contributed by atoms with Gasteiger partial charge in [-0.2, -0.15) is 5.10 Å². The molecule has 0 aliphatic heterocycles. The first kappa shape index (κ1) is 13.0. The summed E-state index contributed by atoms with van der Waals surface area (Å²) in [6, 6.07) is 1.88. The smallest absolute Gasteiger partial charge is 0.271 e. The Hall–Kier alpha value is -1.07. The lowest BCUT2D eigenvalue weighted by atomic mass is 10.2. The second-order valence-corrected chi connectivity index (χ2v) is 3.90. The molecule has 0 spiro atoms. The minimum Gasteiger partial charge on any atom is -0.349 e. The van der Waals surface area contributed by atoms with Gasteiger partial charge in [0.25, 0.3) is 5.91 Å². The molecule has 1 amide bonds. The van der Waals surface area contributed by atoms with Crippen LogP contribution in [0.1, 0.15) is 34.9 Å². The molecule has 1 aromatic heterocycles. The quantitative estimate of drug-likeness (QED) is 0.806. The lowest BCUT2D eigenvalue weighted by molar-refractivity contribution is 0.0949. The van der Waals surface area contributed by atoms with Gasteiger partial charge in [-0.3, -0.25) is 9.48 Å². The Kier molecular flexibility index (Phi) is 4.32. The van der Waals surface area contributed by atoms with Crippen LogP contribution < -0.4 is 11.1 Å². The van der Waals surface area contributed by atoms with Crippen LogP contribution in [0, 0.1) is 0 Å². The Morgan fingerprint density at radius 3 is 2.94 bits per heavy atom. The van der Waals surface area contributed by atoms with Gasteiger partial charge in [0.1, 0.15) is 5.69 Å². The molecule has 0 unspecified atom stereocenters. The molecule has 0 atom stereocenters. The fraction of sp³-hybridized carbons (Fsp3) is 0.600. The van der Waals surface area contributed by atoms with Crippen LogP contribution in [-0.4, -0.2) is 28.8 Å². The molecule has 3 N–H and O–H groups in total. The number of hydrogen-bond donors (Lipinski definition) is 2. The number of carbonyl (C=O) groups excluding carboxylic acids is 1. The zero-order chi connectivity index (χ0) is 10.8. The van der Waals surface area contributed by atoms with E-state index in [1.54, 1.807) is 4.68 Å². The molecule has 1 aromatic rings. The summed E-state index contributed by atoms with van der Waals surface area (Å²) < 4.78 is 1.80. The molecule has 1 aliphatic carbocycles. The Morgan fingerprint density at radius 2 is 2.38 bits per heavy atom. The summed E-state index contributed by atoms with van der Waals surface area (Å²) in [5.74, 6) is 0.474. The summed E-state index contributed by atoms with van der Waals surface area (Å²) in [7, 11) is 1.88. The molecular formula is C10H17ClN4O. The third-order valence-corrected chi connectivity index (χ3v) is 2.57. The molecule has 0 saturated heterocycles. The number of rotatable bonds is 4. The van der Waals surface area contributed by atoms with Crippen molar-refractivity contribution in [3.05, 3.63) is 17.5 Å². The van der Waals surface area contributed by atoms with Crippen LogP contribution in [0.15, 0.2) is 6.07 Å². The molecule has 2 rings (SSSR count). The molecule has 6 heteroatoms. The van der Waals surface area contributed by atoms with Crippen molar-refractivity contribution < 1.29 is 4.79 Å². The molecule has 90 valence electrons. The highest BCUT2D eigenvalue weighted by Gasteiger charge is 2.28. The van der Waals surface area contributed by atoms with E-state index in [2.05, 4.69) is 10.4 Å². The number of halogens is 1. The first-order chi connectivity index (χ1) is 7.22. The minimum absolute atomic E-state index is 0. The fourth-order valence-corrected chi connectivity index (χ4v) is 1.63. The highest BCUT2D eigenvalue weighted by Crippen LogP contribution is 2.39. The van der Waals surface area contributed by atoms with Gasteiger partial charge in [-0.05, 0) is 18.9 Å². The number of hydrogen-bond acceptors (Lipinski definition) is 3. The second-order valence-electron chi connectivity index (χ2n) is 3.90. The van der Waals surface area contributed by atoms with E-state index in [1.165, 1.54) is 12.8 Å². The first-order valence-corrected chi connectivity index (χ1v) is 5.24. The largest absolute Gasteiger partial charge is 0.349 e. The average Bonchev–Trinajstić information content (AvgIpc) is 2.99. The van der Waals surface area contributed by atoms with Crippen molar-refractivity contribution in [1.29, 1.82) is 0 Å². The van der Waals surface area contributed by atoms with Crippen LogP contribution in [0.3, 0.4) is 0 Å². The molecule has 1 aliphatic rings. The van der Waals surface area contributed by atoms with Crippen molar-refractivity contribution >= 4 is 18.3 Å². The molecule has 0 radical (unpaired) electrons. The van der Waals surface area contributed by atoms with E-state index >= 15 is 0 Å². The maximum Gasteiger partial charge on any atom is 0.271 e. The van der Waals surface area contributed by atoms with Crippen LogP contribution in [0.5, 0.6) is 0 Å². The Labute approximate surface area is 101 Å². The monoisotopic (exact) mass is 244 g/mol. The van der Waals surface area contributed by atoms with Crippen LogP contribution in [0.2, 0.25) is 0 Å². The number of nitrogens with zero attached hydrogens (tertiary/aromatic N) is 2. The number of nitrogens with one attached hydrogen (secondary N) is 1. The van der Waals surface area contributed by atoms with Gasteiger partial charge in [0.2, 0.25) is 0 Å². The predicted octanol–water partition coefficient (Wildman–Crippen LogP) is 0.408. The maximum absolute atomic E-state index is 11.6. The van der Waals surface area contributed by atoms with E-state index in [0.29, 0.717) is 24.7 Å². The molecule has 16 heavy (non-hydrogen) atoms. The van der Waals surface area contributed by atoms with Crippen molar-refractivity contribution in [3.8, 4) is 0 Å². The van der Waals surface area contributed by atoms with Crippen molar-refractivity contribution in [2.75, 3.05) is 13.1 Å². The lowest BCUT2D eigenvalue weighted by Gasteiger charge is -1.98. The zero-order valence-corrected chi connectivity index (χ0v) is 10.1. The van der Waals surface area contributed by atoms with E-state index in [1.807, 2.05) is 13.1 Å². The van der Waals surface area contributed by atoms with E-state index in [-0.39, 0.29) is 18.3 Å². The summed E-state index contributed by atoms with van der Waals surface area (Å²) in [6.07, 6.45) is 2.42. The third-order valence-electron chi connectivity index (χ3n) is 2.57. The summed E-state index contributed by atoms with van der Waals surface area (Å²) in [4.78, 5) is 11.6. The van der Waals surface area contributed by atoms with Gasteiger partial charge >= 0.3 is 0 Å². The maximum atomic E-state index is 11.6. The van der Waals surface area contributed by atoms with Gasteiger partial charge in [-0.1, -0.05) is 0 Å². The van der Waals surface area contributed by atoms with Crippen molar-refractivity contribution in [3.63, 3.8) is 0 Å². The van der Waals surface area contributed by atoms with Gasteiger partial charge in [-0.25, -0.2) is 0 Å².